The summed E-state index contributed by atoms with van der Waals surface area (Å²) in [7, 11) is 0. The zero-order valence-corrected chi connectivity index (χ0v) is 17.2. The van der Waals surface area contributed by atoms with Gasteiger partial charge >= 0.3 is 0 Å². The number of thiophene rings is 1. The van der Waals surface area contributed by atoms with Gasteiger partial charge in [-0.25, -0.2) is 9.97 Å². The van der Waals surface area contributed by atoms with E-state index in [1.54, 1.807) is 17.7 Å². The molecule has 0 spiro atoms. The summed E-state index contributed by atoms with van der Waals surface area (Å²) in [4.78, 5) is 9.28. The predicted molar refractivity (Wildman–Crippen MR) is 121 cm³/mol. The summed E-state index contributed by atoms with van der Waals surface area (Å²) in [5, 5.41) is 3.71. The molecule has 0 aliphatic carbocycles. The lowest BCUT2D eigenvalue weighted by atomic mass is 9.88. The van der Waals surface area contributed by atoms with Crippen molar-refractivity contribution < 1.29 is 0 Å². The summed E-state index contributed by atoms with van der Waals surface area (Å²) in [6.07, 6.45) is 2.77. The Hall–Kier alpha value is -2.78. The molecule has 2 heterocycles. The number of hydrogen-bond acceptors (Lipinski definition) is 3. The molecule has 0 unspecified atom stereocenters. The van der Waals surface area contributed by atoms with Gasteiger partial charge in [0.15, 0.2) is 0 Å². The van der Waals surface area contributed by atoms with Crippen molar-refractivity contribution in [3.8, 4) is 11.3 Å². The number of rotatable bonds is 2. The lowest BCUT2D eigenvalue weighted by molar-refractivity contribution is 0.411. The first-order valence-corrected chi connectivity index (χ1v) is 10.4. The Bertz CT molecular complexity index is 1330. The molecule has 2 nitrogen and oxygen atoms in total. The molecule has 0 radical (unpaired) electrons. The van der Waals surface area contributed by atoms with Crippen LogP contribution in [-0.4, -0.2) is 9.97 Å². The standard InChI is InChI=1S/C25H22N2S/c1-25(2,3)14-16-8-11-20-21(12-16)28-24-22(26-15-27-23(20)24)19-10-9-17-6-4-5-7-18(17)13-19/h4-13,15H,14H2,1-3H3. The third kappa shape index (κ3) is 3.06. The van der Waals surface area contributed by atoms with E-state index in [9.17, 15) is 0 Å². The molecule has 0 bridgehead atoms. The maximum absolute atomic E-state index is 4.66. The first-order valence-electron chi connectivity index (χ1n) is 9.63. The van der Waals surface area contributed by atoms with Crippen molar-refractivity contribution in [2.24, 2.45) is 5.41 Å². The fourth-order valence-electron chi connectivity index (χ4n) is 3.88. The van der Waals surface area contributed by atoms with Crippen LogP contribution < -0.4 is 0 Å². The van der Waals surface area contributed by atoms with Gasteiger partial charge in [-0.3, -0.25) is 0 Å². The minimum Gasteiger partial charge on any atom is -0.235 e. The molecule has 3 aromatic carbocycles. The second kappa shape index (κ2) is 6.39. The fraction of sp³-hybridized carbons (Fsp3) is 0.200. The fourth-order valence-corrected chi connectivity index (χ4v) is 5.12. The van der Waals surface area contributed by atoms with Crippen molar-refractivity contribution in [1.82, 2.24) is 9.97 Å². The van der Waals surface area contributed by atoms with Gasteiger partial charge in [-0.2, -0.15) is 0 Å². The van der Waals surface area contributed by atoms with Gasteiger partial charge in [0.2, 0.25) is 0 Å². The molecule has 0 N–H and O–H groups in total. The molecule has 138 valence electrons. The Morgan fingerprint density at radius 3 is 2.50 bits per heavy atom. The third-order valence-corrected chi connectivity index (χ3v) is 6.22. The number of benzene rings is 3. The molecule has 3 heteroatoms. The summed E-state index contributed by atoms with van der Waals surface area (Å²) in [6.45, 7) is 6.85. The summed E-state index contributed by atoms with van der Waals surface area (Å²) in [6, 6.07) is 21.8. The molecule has 2 aromatic heterocycles. The van der Waals surface area contributed by atoms with Crippen LogP contribution in [0.25, 0.3) is 42.3 Å². The highest BCUT2D eigenvalue weighted by Crippen LogP contribution is 2.39. The van der Waals surface area contributed by atoms with Crippen molar-refractivity contribution in [2.75, 3.05) is 0 Å². The van der Waals surface area contributed by atoms with E-state index >= 15 is 0 Å². The summed E-state index contributed by atoms with van der Waals surface area (Å²) < 4.78 is 2.46. The number of nitrogens with zero attached hydrogens (tertiary/aromatic N) is 2. The summed E-state index contributed by atoms with van der Waals surface area (Å²) in [5.74, 6) is 0. The van der Waals surface area contributed by atoms with Crippen LogP contribution in [0.2, 0.25) is 0 Å². The predicted octanol–water partition coefficient (Wildman–Crippen LogP) is 7.25. The molecule has 28 heavy (non-hydrogen) atoms. The molecule has 0 atom stereocenters. The van der Waals surface area contributed by atoms with Crippen LogP contribution in [0.3, 0.4) is 0 Å². The normalized spacial score (nSPS) is 12.2. The molecule has 0 fully saturated rings. The lowest BCUT2D eigenvalue weighted by Gasteiger charge is -2.17. The largest absolute Gasteiger partial charge is 0.235 e. The number of aromatic nitrogens is 2. The van der Waals surface area contributed by atoms with Crippen LogP contribution >= 0.6 is 11.3 Å². The van der Waals surface area contributed by atoms with Gasteiger partial charge in [-0.1, -0.05) is 69.3 Å². The summed E-state index contributed by atoms with van der Waals surface area (Å²) >= 11 is 1.80. The Labute approximate surface area is 168 Å². The SMILES string of the molecule is CC(C)(C)Cc1ccc2c(c1)sc1c(-c3ccc4ccccc4c3)ncnc12. The number of fused-ring (bicyclic) bond motifs is 4. The molecule has 0 aliphatic heterocycles. The van der Waals surface area contributed by atoms with Crippen LogP contribution in [0.1, 0.15) is 26.3 Å². The number of hydrogen-bond donors (Lipinski definition) is 0. The Kier molecular flexibility index (Phi) is 3.95. The molecule has 5 aromatic rings. The quantitative estimate of drug-likeness (QED) is 0.321. The van der Waals surface area contributed by atoms with Crippen molar-refractivity contribution in [3.63, 3.8) is 0 Å². The van der Waals surface area contributed by atoms with E-state index in [1.807, 2.05) is 0 Å². The average Bonchev–Trinajstić information content (AvgIpc) is 3.04. The molecule has 0 aliphatic rings. The van der Waals surface area contributed by atoms with Gasteiger partial charge in [0, 0.05) is 15.6 Å². The van der Waals surface area contributed by atoms with E-state index < -0.39 is 0 Å². The Balaban J connectivity index is 1.69. The van der Waals surface area contributed by atoms with E-state index in [2.05, 4.69) is 91.4 Å². The first-order chi connectivity index (χ1) is 13.5. The van der Waals surface area contributed by atoms with Crippen molar-refractivity contribution >= 4 is 42.4 Å². The monoisotopic (exact) mass is 382 g/mol. The van der Waals surface area contributed by atoms with E-state index in [0.29, 0.717) is 0 Å². The molecular formula is C25H22N2S. The van der Waals surface area contributed by atoms with E-state index in [1.165, 1.54) is 31.1 Å². The van der Waals surface area contributed by atoms with Crippen LogP contribution in [-0.2, 0) is 6.42 Å². The van der Waals surface area contributed by atoms with Gasteiger partial charge in [-0.15, -0.1) is 11.3 Å². The highest BCUT2D eigenvalue weighted by molar-refractivity contribution is 7.26. The maximum Gasteiger partial charge on any atom is 0.116 e. The van der Waals surface area contributed by atoms with Crippen molar-refractivity contribution in [1.29, 1.82) is 0 Å². The van der Waals surface area contributed by atoms with E-state index in [-0.39, 0.29) is 5.41 Å². The highest BCUT2D eigenvalue weighted by atomic mass is 32.1. The molecular weight excluding hydrogens is 360 g/mol. The second-order valence-electron chi connectivity index (χ2n) is 8.63. The van der Waals surface area contributed by atoms with Gasteiger partial charge in [0.05, 0.1) is 15.9 Å². The maximum atomic E-state index is 4.66. The third-order valence-electron chi connectivity index (χ3n) is 5.07. The van der Waals surface area contributed by atoms with E-state index in [4.69, 9.17) is 0 Å². The zero-order valence-electron chi connectivity index (χ0n) is 16.4. The molecule has 0 amide bonds. The van der Waals surface area contributed by atoms with Crippen LogP contribution in [0.5, 0.6) is 0 Å². The zero-order chi connectivity index (χ0) is 19.3. The molecule has 0 saturated carbocycles. The van der Waals surface area contributed by atoms with Gasteiger partial charge in [-0.05, 0) is 40.3 Å². The van der Waals surface area contributed by atoms with Crippen LogP contribution in [0.15, 0.2) is 67.0 Å². The van der Waals surface area contributed by atoms with Gasteiger partial charge in [0.25, 0.3) is 0 Å². The average molecular weight is 383 g/mol. The topological polar surface area (TPSA) is 25.8 Å². The van der Waals surface area contributed by atoms with Crippen molar-refractivity contribution in [2.45, 2.75) is 27.2 Å². The van der Waals surface area contributed by atoms with E-state index in [0.717, 1.165) is 23.2 Å². The molecule has 0 saturated heterocycles. The van der Waals surface area contributed by atoms with Gasteiger partial charge < -0.3 is 0 Å². The second-order valence-corrected chi connectivity index (χ2v) is 9.68. The first kappa shape index (κ1) is 17.3. The van der Waals surface area contributed by atoms with Gasteiger partial charge in [0.1, 0.15) is 6.33 Å². The lowest BCUT2D eigenvalue weighted by Crippen LogP contribution is -2.08. The van der Waals surface area contributed by atoms with Crippen LogP contribution in [0, 0.1) is 5.41 Å². The molecule has 5 rings (SSSR count). The Morgan fingerprint density at radius 2 is 1.68 bits per heavy atom. The minimum atomic E-state index is 0.278. The minimum absolute atomic E-state index is 0.278. The Morgan fingerprint density at radius 1 is 0.857 bits per heavy atom. The van der Waals surface area contributed by atoms with Crippen molar-refractivity contribution in [3.05, 3.63) is 72.6 Å². The van der Waals surface area contributed by atoms with Crippen LogP contribution in [0.4, 0.5) is 0 Å². The summed E-state index contributed by atoms with van der Waals surface area (Å²) in [5.41, 5.74) is 4.88. The smallest absolute Gasteiger partial charge is 0.116 e. The highest BCUT2D eigenvalue weighted by Gasteiger charge is 2.16.